The minimum atomic E-state index is -3.72. The molecule has 0 saturated heterocycles. The molecule has 9 heteroatoms. The Morgan fingerprint density at radius 2 is 1.96 bits per heavy atom. The second-order valence-corrected chi connectivity index (χ2v) is 7.35. The van der Waals surface area contributed by atoms with E-state index < -0.39 is 16.1 Å². The van der Waals surface area contributed by atoms with Crippen molar-refractivity contribution >= 4 is 15.9 Å². The Kier molecular flexibility index (Phi) is 7.60. The van der Waals surface area contributed by atoms with Crippen molar-refractivity contribution in [3.63, 3.8) is 0 Å². The molecular weight excluding hydrogens is 367 g/mol. The summed E-state index contributed by atoms with van der Waals surface area (Å²) in [5.41, 5.74) is 2.11. The molecule has 0 fully saturated rings. The van der Waals surface area contributed by atoms with E-state index in [9.17, 15) is 8.42 Å². The average molecular weight is 391 g/mol. The number of nitrogens with one attached hydrogen (secondary N) is 2. The molecule has 0 saturated carbocycles. The summed E-state index contributed by atoms with van der Waals surface area (Å²) >= 11 is 1.98. The molecule has 0 radical (unpaired) electrons. The number of aryl methyl sites for hydroxylation is 1. The molecule has 0 aliphatic heterocycles. The molecule has 7 nitrogen and oxygen atoms in total. The summed E-state index contributed by atoms with van der Waals surface area (Å²) in [6.07, 6.45) is 0. The van der Waals surface area contributed by atoms with Gasteiger partial charge in [-0.05, 0) is 0 Å². The van der Waals surface area contributed by atoms with E-state index in [4.69, 9.17) is 4.74 Å². The Balaban J connectivity index is 3.29. The number of amidine groups is 1. The summed E-state index contributed by atoms with van der Waals surface area (Å²) in [4.78, 5) is 0.271. The van der Waals surface area contributed by atoms with Crippen LogP contribution in [0.5, 0.6) is 5.75 Å². The van der Waals surface area contributed by atoms with Crippen LogP contribution in [0.15, 0.2) is 20.0 Å². The van der Waals surface area contributed by atoms with Gasteiger partial charge in [0.25, 0.3) is 0 Å². The van der Waals surface area contributed by atoms with Crippen LogP contribution >= 0.6 is 0 Å². The second-order valence-electron chi connectivity index (χ2n) is 5.42. The van der Waals surface area contributed by atoms with Gasteiger partial charge in [-0.1, -0.05) is 0 Å². The Morgan fingerprint density at radius 3 is 2.46 bits per heavy atom. The molecule has 0 aliphatic carbocycles. The van der Waals surface area contributed by atoms with Crippen LogP contribution in [0.2, 0.25) is 0 Å². The van der Waals surface area contributed by atoms with Crippen LogP contribution in [-0.4, -0.2) is 33.9 Å². The van der Waals surface area contributed by atoms with Gasteiger partial charge in [0.15, 0.2) is 0 Å². The van der Waals surface area contributed by atoms with Gasteiger partial charge in [-0.2, -0.15) is 0 Å². The second kappa shape index (κ2) is 8.76. The predicted molar refractivity (Wildman–Crippen MR) is 90.5 cm³/mol. The van der Waals surface area contributed by atoms with E-state index >= 15 is 0 Å². The number of hydrogen-bond acceptors (Lipinski definition) is 5. The van der Waals surface area contributed by atoms with Crippen molar-refractivity contribution in [3.8, 4) is 5.75 Å². The summed E-state index contributed by atoms with van der Waals surface area (Å²) in [7, 11) is -2.15. The molecule has 1 rings (SSSR count). The molecule has 0 aliphatic rings. The molecule has 1 aromatic rings. The summed E-state index contributed by atoms with van der Waals surface area (Å²) in [5.74, 6) is 1.14. The molecular formula is C15H24N4O3SV. The first-order chi connectivity index (χ1) is 11.2. The zero-order valence-corrected chi connectivity index (χ0v) is 17.0. The Bertz CT molecular complexity index is 748. The fourth-order valence-corrected chi connectivity index (χ4v) is 4.38. The zero-order chi connectivity index (χ0) is 18.5. The van der Waals surface area contributed by atoms with Crippen molar-refractivity contribution in [2.75, 3.05) is 13.7 Å². The molecule has 2 N–H and O–H groups in total. The molecule has 133 valence electrons. The number of likely N-dealkylation sites (N-methyl/N-ethyl adjacent to an activating group) is 1. The SMILES string of the molecule is CCNC(=N[N]=[V])[C@@H](C)NS(=O)(=O)c1c(C)cc(OC)c(C)c1C. The fourth-order valence-electron chi connectivity index (χ4n) is 2.50. The van der Waals surface area contributed by atoms with Crippen LogP contribution in [0.3, 0.4) is 0 Å². The van der Waals surface area contributed by atoms with E-state index in [1.54, 1.807) is 33.9 Å². The van der Waals surface area contributed by atoms with Gasteiger partial charge < -0.3 is 0 Å². The van der Waals surface area contributed by atoms with E-state index in [0.29, 0.717) is 29.3 Å². The summed E-state index contributed by atoms with van der Waals surface area (Å²) in [6, 6.07) is 1.20. The molecule has 0 spiro atoms. The van der Waals surface area contributed by atoms with Gasteiger partial charge >= 0.3 is 153 Å². The van der Waals surface area contributed by atoms with Gasteiger partial charge in [0.1, 0.15) is 0 Å². The van der Waals surface area contributed by atoms with Crippen molar-refractivity contribution in [2.45, 2.75) is 45.6 Å². The fraction of sp³-hybridized carbons (Fsp3) is 0.533. The van der Waals surface area contributed by atoms with Crippen LogP contribution in [0.25, 0.3) is 0 Å². The average Bonchev–Trinajstić information content (AvgIpc) is 2.49. The van der Waals surface area contributed by atoms with Gasteiger partial charge in [-0.25, -0.2) is 0 Å². The topological polar surface area (TPSA) is 92.1 Å². The van der Waals surface area contributed by atoms with Crippen molar-refractivity contribution in [2.24, 2.45) is 9.00 Å². The van der Waals surface area contributed by atoms with Crippen molar-refractivity contribution < 1.29 is 30.4 Å². The third-order valence-corrected chi connectivity index (χ3v) is 5.69. The summed E-state index contributed by atoms with van der Waals surface area (Å²) in [6.45, 7) is 9.62. The molecule has 24 heavy (non-hydrogen) atoms. The zero-order valence-electron chi connectivity index (χ0n) is 14.8. The van der Waals surface area contributed by atoms with E-state index in [-0.39, 0.29) is 4.90 Å². The first-order valence-corrected chi connectivity index (χ1v) is 9.63. The molecule has 1 atom stereocenters. The molecule has 0 unspecified atom stereocenters. The number of methoxy groups -OCH3 is 1. The number of nitrogens with zero attached hydrogens (tertiary/aromatic N) is 2. The van der Waals surface area contributed by atoms with Crippen molar-refractivity contribution in [1.82, 2.24) is 10.0 Å². The summed E-state index contributed by atoms with van der Waals surface area (Å²) in [5, 5.41) is 6.95. The third kappa shape index (κ3) is 4.66. The molecule has 0 amide bonds. The first-order valence-electron chi connectivity index (χ1n) is 7.52. The third-order valence-electron chi connectivity index (χ3n) is 3.72. The van der Waals surface area contributed by atoms with E-state index in [1.165, 1.54) is 0 Å². The van der Waals surface area contributed by atoms with E-state index in [0.717, 1.165) is 5.56 Å². The van der Waals surface area contributed by atoms with Crippen molar-refractivity contribution in [3.05, 3.63) is 22.8 Å². The monoisotopic (exact) mass is 391 g/mol. The molecule has 0 bridgehead atoms. The van der Waals surface area contributed by atoms with Crippen molar-refractivity contribution in [1.29, 1.82) is 0 Å². The molecule has 0 aromatic heterocycles. The number of hydrogen-bond donors (Lipinski definition) is 2. The van der Waals surface area contributed by atoms with Gasteiger partial charge in [0, 0.05) is 0 Å². The van der Waals surface area contributed by atoms with Gasteiger partial charge in [-0.3, -0.25) is 0 Å². The van der Waals surface area contributed by atoms with E-state index in [1.807, 2.05) is 31.1 Å². The number of benzene rings is 1. The number of rotatable bonds is 7. The number of sulfonamides is 1. The van der Waals surface area contributed by atoms with E-state index in [2.05, 4.69) is 19.0 Å². The number of ether oxygens (including phenoxy) is 1. The maximum atomic E-state index is 12.9. The van der Waals surface area contributed by atoms with Gasteiger partial charge in [0.2, 0.25) is 0 Å². The first kappa shape index (κ1) is 20.8. The van der Waals surface area contributed by atoms with Gasteiger partial charge in [0.05, 0.1) is 0 Å². The Labute approximate surface area is 153 Å². The minimum absolute atomic E-state index is 0.271. The van der Waals surface area contributed by atoms with Crippen LogP contribution in [-0.2, 0) is 27.3 Å². The van der Waals surface area contributed by atoms with Crippen LogP contribution < -0.4 is 14.8 Å². The maximum absolute atomic E-state index is 12.9. The van der Waals surface area contributed by atoms with Crippen LogP contribution in [0, 0.1) is 20.8 Å². The predicted octanol–water partition coefficient (Wildman–Crippen LogP) is 1.94. The van der Waals surface area contributed by atoms with Crippen LogP contribution in [0.4, 0.5) is 0 Å². The normalized spacial score (nSPS) is 13.5. The summed E-state index contributed by atoms with van der Waals surface area (Å²) < 4.78 is 37.4. The molecule has 1 aromatic carbocycles. The van der Waals surface area contributed by atoms with Crippen LogP contribution in [0.1, 0.15) is 30.5 Å². The Morgan fingerprint density at radius 1 is 1.33 bits per heavy atom. The quantitative estimate of drug-likeness (QED) is 0.422. The Hall–Kier alpha value is -1.22. The van der Waals surface area contributed by atoms with Gasteiger partial charge in [-0.15, -0.1) is 0 Å². The molecule has 0 heterocycles. The standard InChI is InChI=1S/C15H24N4O3S.V/c1-7-17-15(18-16)12(5)19-23(20,21)14-9(2)8-13(22-6)10(3)11(14)4;/h8,12,19H,7H2,1-6H3,(H,17,18);/t12-;/m1./s1.